The van der Waals surface area contributed by atoms with E-state index in [-0.39, 0.29) is 12.5 Å². The standard InChI is InChI=1S/C15H26N2O3/c1-16(10-5-9-14(18)19)15(20)17-11-4-7-12-6-2-3-8-13(12)17/h12-13H,2-11H2,1H3,(H,18,19)/t12-,13-/m1/s1. The maximum absolute atomic E-state index is 12.5. The SMILES string of the molecule is CN(CCCC(=O)O)C(=O)N1CCC[C@H]2CCCC[C@H]21. The van der Waals surface area contributed by atoms with Crippen LogP contribution in [0.3, 0.4) is 0 Å². The van der Waals surface area contributed by atoms with Gasteiger partial charge in [0.2, 0.25) is 0 Å². The molecule has 1 aliphatic heterocycles. The molecule has 2 fully saturated rings. The minimum atomic E-state index is -0.795. The molecule has 5 nitrogen and oxygen atoms in total. The Bertz CT molecular complexity index is 357. The lowest BCUT2D eigenvalue weighted by molar-refractivity contribution is -0.137. The lowest BCUT2D eigenvalue weighted by Crippen LogP contribution is -2.53. The van der Waals surface area contributed by atoms with Gasteiger partial charge in [0.25, 0.3) is 0 Å². The topological polar surface area (TPSA) is 60.9 Å². The highest BCUT2D eigenvalue weighted by Gasteiger charge is 2.36. The van der Waals surface area contributed by atoms with Crippen molar-refractivity contribution in [2.75, 3.05) is 20.1 Å². The normalized spacial score (nSPS) is 25.9. The van der Waals surface area contributed by atoms with Crippen LogP contribution in [-0.2, 0) is 4.79 Å². The summed E-state index contributed by atoms with van der Waals surface area (Å²) in [6.07, 6.45) is 7.96. The van der Waals surface area contributed by atoms with Crippen molar-refractivity contribution in [2.24, 2.45) is 5.92 Å². The third-order valence-corrected chi connectivity index (χ3v) is 4.70. The molecular formula is C15H26N2O3. The molecule has 20 heavy (non-hydrogen) atoms. The van der Waals surface area contributed by atoms with Crippen molar-refractivity contribution in [3.63, 3.8) is 0 Å². The first-order valence-corrected chi connectivity index (χ1v) is 7.83. The van der Waals surface area contributed by atoms with E-state index in [0.717, 1.165) is 19.4 Å². The summed E-state index contributed by atoms with van der Waals surface area (Å²) in [4.78, 5) is 26.8. The first-order valence-electron chi connectivity index (χ1n) is 7.83. The van der Waals surface area contributed by atoms with Crippen LogP contribution in [0.2, 0.25) is 0 Å². The highest BCUT2D eigenvalue weighted by molar-refractivity contribution is 5.74. The summed E-state index contributed by atoms with van der Waals surface area (Å²) in [6, 6.07) is 0.513. The van der Waals surface area contributed by atoms with Crippen LogP contribution in [0.4, 0.5) is 4.79 Å². The van der Waals surface area contributed by atoms with Gasteiger partial charge in [0, 0.05) is 32.6 Å². The molecule has 5 heteroatoms. The van der Waals surface area contributed by atoms with E-state index >= 15 is 0 Å². The van der Waals surface area contributed by atoms with Crippen molar-refractivity contribution < 1.29 is 14.7 Å². The number of fused-ring (bicyclic) bond motifs is 1. The van der Waals surface area contributed by atoms with Crippen molar-refractivity contribution in [1.29, 1.82) is 0 Å². The zero-order valence-electron chi connectivity index (χ0n) is 12.4. The predicted molar refractivity (Wildman–Crippen MR) is 76.6 cm³/mol. The molecule has 2 rings (SSSR count). The van der Waals surface area contributed by atoms with Gasteiger partial charge < -0.3 is 14.9 Å². The second kappa shape index (κ2) is 6.95. The average Bonchev–Trinajstić information content (AvgIpc) is 2.45. The number of aliphatic carboxylic acids is 1. The Morgan fingerprint density at radius 1 is 1.20 bits per heavy atom. The van der Waals surface area contributed by atoms with E-state index in [0.29, 0.717) is 24.9 Å². The van der Waals surface area contributed by atoms with E-state index in [1.807, 2.05) is 4.90 Å². The summed E-state index contributed by atoms with van der Waals surface area (Å²) in [5, 5.41) is 8.65. The molecule has 2 amide bonds. The fraction of sp³-hybridized carbons (Fsp3) is 0.867. The molecule has 0 bridgehead atoms. The van der Waals surface area contributed by atoms with E-state index < -0.39 is 5.97 Å². The van der Waals surface area contributed by atoms with Crippen molar-refractivity contribution in [1.82, 2.24) is 9.80 Å². The van der Waals surface area contributed by atoms with Crippen LogP contribution in [0.25, 0.3) is 0 Å². The number of carboxylic acids is 1. The van der Waals surface area contributed by atoms with E-state index in [1.165, 1.54) is 25.7 Å². The number of urea groups is 1. The monoisotopic (exact) mass is 282 g/mol. The predicted octanol–water partition coefficient (Wildman–Crippen LogP) is 2.56. The Hall–Kier alpha value is -1.26. The fourth-order valence-electron chi connectivity index (χ4n) is 3.64. The summed E-state index contributed by atoms with van der Waals surface area (Å²) >= 11 is 0. The average molecular weight is 282 g/mol. The van der Waals surface area contributed by atoms with E-state index in [1.54, 1.807) is 11.9 Å². The Balaban J connectivity index is 1.87. The van der Waals surface area contributed by atoms with E-state index in [9.17, 15) is 9.59 Å². The zero-order chi connectivity index (χ0) is 14.5. The van der Waals surface area contributed by atoms with Gasteiger partial charge in [-0.15, -0.1) is 0 Å². The molecule has 0 aromatic heterocycles. The van der Waals surface area contributed by atoms with E-state index in [4.69, 9.17) is 5.11 Å². The lowest BCUT2D eigenvalue weighted by atomic mass is 9.78. The fourth-order valence-corrected chi connectivity index (χ4v) is 3.64. The van der Waals surface area contributed by atoms with Gasteiger partial charge in [-0.1, -0.05) is 12.8 Å². The van der Waals surface area contributed by atoms with E-state index in [2.05, 4.69) is 0 Å². The minimum Gasteiger partial charge on any atom is -0.481 e. The van der Waals surface area contributed by atoms with Gasteiger partial charge in [-0.3, -0.25) is 4.79 Å². The lowest BCUT2D eigenvalue weighted by Gasteiger charge is -2.45. The molecule has 2 atom stereocenters. The molecule has 1 N–H and O–H groups in total. The molecule has 0 spiro atoms. The van der Waals surface area contributed by atoms with Crippen LogP contribution in [0.1, 0.15) is 51.4 Å². The molecule has 1 saturated carbocycles. The molecule has 0 aromatic rings. The van der Waals surface area contributed by atoms with Crippen LogP contribution in [0, 0.1) is 5.92 Å². The van der Waals surface area contributed by atoms with Gasteiger partial charge in [0.15, 0.2) is 0 Å². The van der Waals surface area contributed by atoms with Crippen LogP contribution in [0.15, 0.2) is 0 Å². The molecule has 0 radical (unpaired) electrons. The number of carbonyl (C=O) groups excluding carboxylic acids is 1. The number of nitrogens with zero attached hydrogens (tertiary/aromatic N) is 2. The highest BCUT2D eigenvalue weighted by atomic mass is 16.4. The number of hydrogen-bond donors (Lipinski definition) is 1. The van der Waals surface area contributed by atoms with Gasteiger partial charge in [-0.25, -0.2) is 4.79 Å². The Kier molecular flexibility index (Phi) is 5.26. The Labute approximate surface area is 120 Å². The van der Waals surface area contributed by atoms with Crippen LogP contribution >= 0.6 is 0 Å². The second-order valence-electron chi connectivity index (χ2n) is 6.15. The second-order valence-corrected chi connectivity index (χ2v) is 6.15. The van der Waals surface area contributed by atoms with Gasteiger partial charge >= 0.3 is 12.0 Å². The van der Waals surface area contributed by atoms with Crippen LogP contribution in [-0.4, -0.2) is 53.1 Å². The van der Waals surface area contributed by atoms with Gasteiger partial charge in [-0.2, -0.15) is 0 Å². The minimum absolute atomic E-state index is 0.0898. The smallest absolute Gasteiger partial charge is 0.319 e. The third-order valence-electron chi connectivity index (χ3n) is 4.70. The summed E-state index contributed by atoms with van der Waals surface area (Å²) in [6.45, 7) is 1.39. The number of amides is 2. The quantitative estimate of drug-likeness (QED) is 0.862. The molecule has 0 unspecified atom stereocenters. The Morgan fingerprint density at radius 2 is 1.90 bits per heavy atom. The van der Waals surface area contributed by atoms with Gasteiger partial charge in [0.05, 0.1) is 0 Å². The number of hydrogen-bond acceptors (Lipinski definition) is 2. The van der Waals surface area contributed by atoms with Crippen LogP contribution in [0.5, 0.6) is 0 Å². The van der Waals surface area contributed by atoms with Crippen molar-refractivity contribution in [3.8, 4) is 0 Å². The first-order chi connectivity index (χ1) is 9.59. The molecule has 1 saturated heterocycles. The highest BCUT2D eigenvalue weighted by Crippen LogP contribution is 2.35. The van der Waals surface area contributed by atoms with Gasteiger partial charge in [-0.05, 0) is 38.0 Å². The van der Waals surface area contributed by atoms with Crippen molar-refractivity contribution >= 4 is 12.0 Å². The maximum Gasteiger partial charge on any atom is 0.319 e. The molecule has 0 aromatic carbocycles. The molecule has 114 valence electrons. The number of piperidine rings is 1. The number of carboxylic acid groups (broad SMARTS) is 1. The summed E-state index contributed by atoms with van der Waals surface area (Å²) in [5.41, 5.74) is 0. The largest absolute Gasteiger partial charge is 0.481 e. The summed E-state index contributed by atoms with van der Waals surface area (Å²) < 4.78 is 0. The number of carbonyl (C=O) groups is 2. The van der Waals surface area contributed by atoms with Crippen molar-refractivity contribution in [2.45, 2.75) is 57.4 Å². The number of rotatable bonds is 4. The zero-order valence-corrected chi connectivity index (χ0v) is 12.4. The summed E-state index contributed by atoms with van der Waals surface area (Å²) in [7, 11) is 1.79. The molecule has 1 aliphatic carbocycles. The first kappa shape index (κ1) is 15.1. The number of likely N-dealkylation sites (tertiary alicyclic amines) is 1. The Morgan fingerprint density at radius 3 is 2.65 bits per heavy atom. The van der Waals surface area contributed by atoms with Crippen molar-refractivity contribution in [3.05, 3.63) is 0 Å². The third kappa shape index (κ3) is 3.64. The molecule has 1 heterocycles. The van der Waals surface area contributed by atoms with Gasteiger partial charge in [0.1, 0.15) is 0 Å². The maximum atomic E-state index is 12.5. The van der Waals surface area contributed by atoms with Crippen LogP contribution < -0.4 is 0 Å². The molecule has 2 aliphatic rings. The molecular weight excluding hydrogens is 256 g/mol. The summed E-state index contributed by atoms with van der Waals surface area (Å²) in [5.74, 6) is -0.106.